The van der Waals surface area contributed by atoms with E-state index in [0.717, 1.165) is 22.6 Å². The van der Waals surface area contributed by atoms with Gasteiger partial charge in [0.2, 0.25) is 0 Å². The summed E-state index contributed by atoms with van der Waals surface area (Å²) in [6, 6.07) is 15.5. The molecule has 0 aromatic heterocycles. The van der Waals surface area contributed by atoms with Gasteiger partial charge in [0.1, 0.15) is 11.5 Å². The van der Waals surface area contributed by atoms with Crippen LogP contribution in [0.25, 0.3) is 0 Å². The molecule has 0 saturated carbocycles. The van der Waals surface area contributed by atoms with E-state index in [4.69, 9.17) is 9.47 Å². The zero-order valence-electron chi connectivity index (χ0n) is 14.5. The van der Waals surface area contributed by atoms with Crippen LogP contribution in [0.1, 0.15) is 31.4 Å². The fourth-order valence-corrected chi connectivity index (χ4v) is 2.38. The van der Waals surface area contributed by atoms with E-state index < -0.39 is 6.10 Å². The molecule has 24 heavy (non-hydrogen) atoms. The van der Waals surface area contributed by atoms with Gasteiger partial charge in [-0.05, 0) is 49.6 Å². The summed E-state index contributed by atoms with van der Waals surface area (Å²) in [6.45, 7) is 6.94. The number of amides is 1. The fraction of sp³-hybridized carbons (Fsp3) is 0.350. The van der Waals surface area contributed by atoms with Crippen molar-refractivity contribution < 1.29 is 14.3 Å². The molecule has 0 aliphatic carbocycles. The molecule has 0 heterocycles. The quantitative estimate of drug-likeness (QED) is 0.801. The van der Waals surface area contributed by atoms with Crippen LogP contribution in [0, 0.1) is 6.92 Å². The van der Waals surface area contributed by atoms with Gasteiger partial charge >= 0.3 is 0 Å². The van der Waals surface area contributed by atoms with E-state index >= 15 is 0 Å². The summed E-state index contributed by atoms with van der Waals surface area (Å²) in [6.07, 6.45) is 0.111. The Balaban J connectivity index is 1.94. The van der Waals surface area contributed by atoms with Crippen LogP contribution in [0.4, 0.5) is 0 Å². The molecule has 0 fully saturated rings. The van der Waals surface area contributed by atoms with Crippen LogP contribution in [0.15, 0.2) is 48.5 Å². The molecule has 0 spiro atoms. The molecule has 2 aromatic carbocycles. The Morgan fingerprint density at radius 2 is 1.92 bits per heavy atom. The zero-order valence-corrected chi connectivity index (χ0v) is 14.5. The van der Waals surface area contributed by atoms with E-state index in [2.05, 4.69) is 5.32 Å². The molecule has 0 bridgehead atoms. The van der Waals surface area contributed by atoms with Gasteiger partial charge in [0.25, 0.3) is 5.91 Å². The molecule has 0 unspecified atom stereocenters. The largest absolute Gasteiger partial charge is 0.494 e. The molecule has 0 saturated heterocycles. The highest BCUT2D eigenvalue weighted by molar-refractivity contribution is 5.81. The minimum atomic E-state index is -0.499. The first-order valence-electron chi connectivity index (χ1n) is 8.35. The van der Waals surface area contributed by atoms with E-state index in [0.29, 0.717) is 19.6 Å². The summed E-state index contributed by atoms with van der Waals surface area (Å²) in [5.41, 5.74) is 2.02. The normalized spacial score (nSPS) is 11.6. The summed E-state index contributed by atoms with van der Waals surface area (Å²) < 4.78 is 11.3. The predicted octanol–water partition coefficient (Wildman–Crippen LogP) is 3.87. The average molecular weight is 327 g/mol. The first kappa shape index (κ1) is 17.9. The maximum Gasteiger partial charge on any atom is 0.261 e. The molecule has 2 rings (SSSR count). The highest BCUT2D eigenvalue weighted by atomic mass is 16.5. The summed E-state index contributed by atoms with van der Waals surface area (Å²) in [7, 11) is 0. The zero-order chi connectivity index (χ0) is 17.4. The second-order valence-electron chi connectivity index (χ2n) is 5.58. The van der Waals surface area contributed by atoms with Gasteiger partial charge in [-0.15, -0.1) is 0 Å². The Kier molecular flexibility index (Phi) is 6.67. The average Bonchev–Trinajstić information content (AvgIpc) is 2.59. The lowest BCUT2D eigenvalue weighted by molar-refractivity contribution is -0.128. The van der Waals surface area contributed by atoms with E-state index in [1.165, 1.54) is 0 Å². The Hall–Kier alpha value is -2.49. The van der Waals surface area contributed by atoms with E-state index in [9.17, 15) is 4.79 Å². The van der Waals surface area contributed by atoms with Crippen molar-refractivity contribution >= 4 is 5.91 Å². The van der Waals surface area contributed by atoms with Crippen LogP contribution in [0.5, 0.6) is 11.5 Å². The smallest absolute Gasteiger partial charge is 0.261 e. The minimum absolute atomic E-state index is 0.109. The molecule has 1 atom stereocenters. The van der Waals surface area contributed by atoms with Crippen LogP contribution in [0.3, 0.4) is 0 Å². The minimum Gasteiger partial charge on any atom is -0.494 e. The van der Waals surface area contributed by atoms with E-state index in [1.807, 2.05) is 69.3 Å². The molecule has 0 aliphatic rings. The number of hydrogen-bond acceptors (Lipinski definition) is 3. The van der Waals surface area contributed by atoms with E-state index in [1.54, 1.807) is 0 Å². The molecule has 4 heteroatoms. The first-order chi connectivity index (χ1) is 11.6. The molecule has 1 amide bonds. The monoisotopic (exact) mass is 327 g/mol. The highest BCUT2D eigenvalue weighted by Crippen LogP contribution is 2.19. The van der Waals surface area contributed by atoms with Gasteiger partial charge in [0.15, 0.2) is 6.10 Å². The Labute approximate surface area is 143 Å². The number of hydrogen-bond donors (Lipinski definition) is 1. The van der Waals surface area contributed by atoms with Gasteiger partial charge in [-0.25, -0.2) is 0 Å². The number of aryl methyl sites for hydroxylation is 1. The van der Waals surface area contributed by atoms with Gasteiger partial charge in [-0.1, -0.05) is 37.3 Å². The summed E-state index contributed by atoms with van der Waals surface area (Å²) in [4.78, 5) is 12.4. The van der Waals surface area contributed by atoms with E-state index in [-0.39, 0.29) is 5.91 Å². The SMILES string of the molecule is CCOc1cccc(CNC(=O)[C@H](CC)Oc2ccccc2C)c1. The second kappa shape index (κ2) is 8.96. The lowest BCUT2D eigenvalue weighted by Crippen LogP contribution is -2.37. The van der Waals surface area contributed by atoms with Crippen molar-refractivity contribution in [3.05, 3.63) is 59.7 Å². The molecular formula is C20H25NO3. The van der Waals surface area contributed by atoms with Crippen molar-refractivity contribution in [2.45, 2.75) is 39.8 Å². The third-order valence-corrected chi connectivity index (χ3v) is 3.70. The molecule has 128 valence electrons. The van der Waals surface area contributed by atoms with Crippen molar-refractivity contribution in [2.75, 3.05) is 6.61 Å². The van der Waals surface area contributed by atoms with Crippen molar-refractivity contribution in [2.24, 2.45) is 0 Å². The summed E-state index contributed by atoms with van der Waals surface area (Å²) in [5, 5.41) is 2.94. The first-order valence-corrected chi connectivity index (χ1v) is 8.35. The number of nitrogens with one attached hydrogen (secondary N) is 1. The number of ether oxygens (including phenoxy) is 2. The van der Waals surface area contributed by atoms with Crippen LogP contribution >= 0.6 is 0 Å². The molecule has 2 aromatic rings. The molecule has 4 nitrogen and oxygen atoms in total. The maximum absolute atomic E-state index is 12.4. The van der Waals surface area contributed by atoms with Gasteiger partial charge < -0.3 is 14.8 Å². The summed E-state index contributed by atoms with van der Waals surface area (Å²) >= 11 is 0. The topological polar surface area (TPSA) is 47.6 Å². The van der Waals surface area contributed by atoms with Gasteiger partial charge in [0, 0.05) is 6.54 Å². The number of para-hydroxylation sites is 1. The van der Waals surface area contributed by atoms with Crippen LogP contribution in [-0.4, -0.2) is 18.6 Å². The standard InChI is InChI=1S/C20H25NO3/c1-4-18(24-19-12-7-6-9-15(19)3)20(22)21-14-16-10-8-11-17(13-16)23-5-2/h6-13,18H,4-5,14H2,1-3H3,(H,21,22)/t18-/m0/s1. The Morgan fingerprint density at radius 1 is 1.12 bits per heavy atom. The van der Waals surface area contributed by atoms with Crippen molar-refractivity contribution in [3.63, 3.8) is 0 Å². The molecule has 0 aliphatic heterocycles. The number of carbonyl (C=O) groups is 1. The number of benzene rings is 2. The van der Waals surface area contributed by atoms with Gasteiger partial charge in [0.05, 0.1) is 6.61 Å². The van der Waals surface area contributed by atoms with Crippen LogP contribution in [0.2, 0.25) is 0 Å². The Morgan fingerprint density at radius 3 is 2.62 bits per heavy atom. The fourth-order valence-electron chi connectivity index (χ4n) is 2.38. The third-order valence-electron chi connectivity index (χ3n) is 3.70. The number of rotatable bonds is 8. The van der Waals surface area contributed by atoms with Crippen molar-refractivity contribution in [1.29, 1.82) is 0 Å². The lowest BCUT2D eigenvalue weighted by atomic mass is 10.2. The Bertz CT molecular complexity index is 669. The summed E-state index contributed by atoms with van der Waals surface area (Å²) in [5.74, 6) is 1.45. The van der Waals surface area contributed by atoms with Crippen molar-refractivity contribution in [1.82, 2.24) is 5.32 Å². The van der Waals surface area contributed by atoms with Gasteiger partial charge in [-0.2, -0.15) is 0 Å². The highest BCUT2D eigenvalue weighted by Gasteiger charge is 2.18. The predicted molar refractivity (Wildman–Crippen MR) is 95.3 cm³/mol. The third kappa shape index (κ3) is 5.01. The molecule has 0 radical (unpaired) electrons. The van der Waals surface area contributed by atoms with Crippen LogP contribution < -0.4 is 14.8 Å². The molecule has 1 N–H and O–H groups in total. The second-order valence-corrected chi connectivity index (χ2v) is 5.58. The number of carbonyl (C=O) groups excluding carboxylic acids is 1. The van der Waals surface area contributed by atoms with Crippen molar-refractivity contribution in [3.8, 4) is 11.5 Å². The molecular weight excluding hydrogens is 302 g/mol. The van der Waals surface area contributed by atoms with Crippen LogP contribution in [-0.2, 0) is 11.3 Å². The van der Waals surface area contributed by atoms with Gasteiger partial charge in [-0.3, -0.25) is 4.79 Å². The lowest BCUT2D eigenvalue weighted by Gasteiger charge is -2.18. The maximum atomic E-state index is 12.4.